The van der Waals surface area contributed by atoms with Gasteiger partial charge in [-0.05, 0) is 43.9 Å². The first kappa shape index (κ1) is 20.1. The molecule has 2 atom stereocenters. The molecule has 8 heteroatoms. The lowest BCUT2D eigenvalue weighted by atomic mass is 10.0. The molecule has 2 amide bonds. The normalized spacial score (nSPS) is 23.1. The van der Waals surface area contributed by atoms with Crippen LogP contribution in [0.15, 0.2) is 21.3 Å². The predicted molar refractivity (Wildman–Crippen MR) is 112 cm³/mol. The summed E-state index contributed by atoms with van der Waals surface area (Å²) in [5, 5.41) is 0.949. The number of carbonyl (C=O) groups is 2. The van der Waals surface area contributed by atoms with Gasteiger partial charge >= 0.3 is 5.63 Å². The molecule has 0 saturated carbocycles. The van der Waals surface area contributed by atoms with Crippen molar-refractivity contribution in [3.8, 4) is 5.75 Å². The van der Waals surface area contributed by atoms with Crippen molar-refractivity contribution in [3.63, 3.8) is 0 Å². The second kappa shape index (κ2) is 7.67. The van der Waals surface area contributed by atoms with Crippen molar-refractivity contribution in [2.75, 3.05) is 40.0 Å². The van der Waals surface area contributed by atoms with Gasteiger partial charge in [-0.1, -0.05) is 0 Å². The molecule has 164 valence electrons. The van der Waals surface area contributed by atoms with Gasteiger partial charge in [-0.3, -0.25) is 9.59 Å². The minimum Gasteiger partial charge on any atom is -0.483 e. The van der Waals surface area contributed by atoms with Gasteiger partial charge in [-0.2, -0.15) is 0 Å². The number of ether oxygens (including phenoxy) is 2. The van der Waals surface area contributed by atoms with Crippen molar-refractivity contribution >= 4 is 22.8 Å². The lowest BCUT2D eigenvalue weighted by molar-refractivity contribution is -0.135. The standard InChI is InChI=1S/C23H26N2O6/c1-13-19(7-6-17-16-4-3-5-18(16)23(28)31-21(13)17)30-12-20(26)25-8-14-10-29-11-15(9-25)24(2)22(14)27/h6-7,14-15H,3-5,8-12H2,1-2H3/t14-,15+/m1/s1. The number of nitrogens with zero attached hydrogens (tertiary/aromatic N) is 2. The Morgan fingerprint density at radius 3 is 2.81 bits per heavy atom. The van der Waals surface area contributed by atoms with Crippen molar-refractivity contribution in [2.45, 2.75) is 32.2 Å². The second-order valence-electron chi connectivity index (χ2n) is 8.69. The van der Waals surface area contributed by atoms with Crippen molar-refractivity contribution in [3.05, 3.63) is 39.2 Å². The van der Waals surface area contributed by atoms with Crippen LogP contribution in [0, 0.1) is 12.8 Å². The molecule has 0 spiro atoms. The molecule has 31 heavy (non-hydrogen) atoms. The first-order valence-corrected chi connectivity index (χ1v) is 10.8. The molecule has 8 nitrogen and oxygen atoms in total. The summed E-state index contributed by atoms with van der Waals surface area (Å²) < 4.78 is 17.0. The number of benzene rings is 1. The van der Waals surface area contributed by atoms with Gasteiger partial charge < -0.3 is 23.7 Å². The third kappa shape index (κ3) is 3.39. The summed E-state index contributed by atoms with van der Waals surface area (Å²) in [6.07, 6.45) is 2.61. The Balaban J connectivity index is 1.35. The van der Waals surface area contributed by atoms with Gasteiger partial charge in [0.2, 0.25) is 5.91 Å². The fourth-order valence-electron chi connectivity index (χ4n) is 4.95. The van der Waals surface area contributed by atoms with E-state index < -0.39 is 0 Å². The van der Waals surface area contributed by atoms with Crippen LogP contribution in [0.2, 0.25) is 0 Å². The summed E-state index contributed by atoms with van der Waals surface area (Å²) >= 11 is 0. The molecule has 2 bridgehead atoms. The lowest BCUT2D eigenvalue weighted by Gasteiger charge is -2.29. The third-order valence-corrected chi connectivity index (χ3v) is 6.79. The van der Waals surface area contributed by atoms with Crippen molar-refractivity contribution < 1.29 is 23.5 Å². The summed E-state index contributed by atoms with van der Waals surface area (Å²) in [4.78, 5) is 41.1. The van der Waals surface area contributed by atoms with Crippen LogP contribution in [-0.4, -0.2) is 67.6 Å². The zero-order valence-corrected chi connectivity index (χ0v) is 17.8. The quantitative estimate of drug-likeness (QED) is 0.687. The molecule has 5 rings (SSSR count). The molecule has 0 N–H and O–H groups in total. The number of amides is 2. The van der Waals surface area contributed by atoms with E-state index in [1.165, 1.54) is 0 Å². The SMILES string of the molecule is Cc1c(OCC(=O)N2C[C@@H]3COC[C@H](C2)N(C)C3=O)ccc2c3c(c(=O)oc12)CCC3. The maximum absolute atomic E-state index is 12.9. The van der Waals surface area contributed by atoms with Gasteiger partial charge in [0.15, 0.2) is 6.61 Å². The van der Waals surface area contributed by atoms with E-state index in [2.05, 4.69) is 0 Å². The van der Waals surface area contributed by atoms with Crippen LogP contribution >= 0.6 is 0 Å². The largest absolute Gasteiger partial charge is 0.483 e. The second-order valence-corrected chi connectivity index (χ2v) is 8.69. The smallest absolute Gasteiger partial charge is 0.339 e. The van der Waals surface area contributed by atoms with Gasteiger partial charge in [0.05, 0.1) is 25.2 Å². The van der Waals surface area contributed by atoms with Crippen molar-refractivity contribution in [2.24, 2.45) is 5.92 Å². The van der Waals surface area contributed by atoms with Gasteiger partial charge in [0.25, 0.3) is 5.91 Å². The molecule has 2 aliphatic heterocycles. The minimum atomic E-state index is -0.347. The molecule has 2 fully saturated rings. The Bertz CT molecular complexity index is 1120. The van der Waals surface area contributed by atoms with Crippen LogP contribution in [-0.2, 0) is 27.2 Å². The van der Waals surface area contributed by atoms with E-state index in [-0.39, 0.29) is 36.0 Å². The molecule has 1 aliphatic carbocycles. The molecular formula is C23H26N2O6. The van der Waals surface area contributed by atoms with E-state index >= 15 is 0 Å². The summed E-state index contributed by atoms with van der Waals surface area (Å²) in [6, 6.07) is 3.60. The van der Waals surface area contributed by atoms with Gasteiger partial charge in [-0.25, -0.2) is 4.79 Å². The molecule has 1 aromatic carbocycles. The highest BCUT2D eigenvalue weighted by Crippen LogP contribution is 2.33. The average molecular weight is 426 g/mol. The number of fused-ring (bicyclic) bond motifs is 6. The zero-order valence-electron chi connectivity index (χ0n) is 17.8. The Kier molecular flexibility index (Phi) is 4.97. The van der Waals surface area contributed by atoms with E-state index in [9.17, 15) is 14.4 Å². The maximum Gasteiger partial charge on any atom is 0.339 e. The van der Waals surface area contributed by atoms with Gasteiger partial charge in [-0.15, -0.1) is 0 Å². The van der Waals surface area contributed by atoms with Crippen LogP contribution in [0.3, 0.4) is 0 Å². The van der Waals surface area contributed by atoms with Crippen molar-refractivity contribution in [1.29, 1.82) is 0 Å². The van der Waals surface area contributed by atoms with Gasteiger partial charge in [0, 0.05) is 36.7 Å². The molecular weight excluding hydrogens is 400 g/mol. The van der Waals surface area contributed by atoms with Crippen LogP contribution in [0.5, 0.6) is 5.75 Å². The Morgan fingerprint density at radius 1 is 1.16 bits per heavy atom. The lowest BCUT2D eigenvalue weighted by Crippen LogP contribution is -2.46. The summed E-state index contributed by atoms with van der Waals surface area (Å²) in [5.74, 6) is 0.0234. The first-order valence-electron chi connectivity index (χ1n) is 10.8. The van der Waals surface area contributed by atoms with E-state index in [0.717, 1.165) is 35.8 Å². The highest BCUT2D eigenvalue weighted by molar-refractivity contribution is 5.87. The predicted octanol–water partition coefficient (Wildman–Crippen LogP) is 1.28. The first-order chi connectivity index (χ1) is 14.9. The molecule has 1 aromatic heterocycles. The highest BCUT2D eigenvalue weighted by atomic mass is 16.5. The molecule has 3 heterocycles. The Morgan fingerprint density at radius 2 is 1.97 bits per heavy atom. The van der Waals surface area contributed by atoms with Crippen LogP contribution in [0.25, 0.3) is 11.0 Å². The van der Waals surface area contributed by atoms with E-state index in [4.69, 9.17) is 13.9 Å². The number of rotatable bonds is 3. The third-order valence-electron chi connectivity index (χ3n) is 6.79. The highest BCUT2D eigenvalue weighted by Gasteiger charge is 2.38. The molecule has 3 aliphatic rings. The molecule has 0 radical (unpaired) electrons. The van der Waals surface area contributed by atoms with Crippen LogP contribution in [0.4, 0.5) is 0 Å². The number of hydrogen-bond acceptors (Lipinski definition) is 6. The van der Waals surface area contributed by atoms with E-state index in [1.807, 2.05) is 19.1 Å². The van der Waals surface area contributed by atoms with Crippen LogP contribution < -0.4 is 10.4 Å². The van der Waals surface area contributed by atoms with E-state index in [1.54, 1.807) is 16.8 Å². The Hall–Kier alpha value is -2.87. The monoisotopic (exact) mass is 426 g/mol. The fourth-order valence-corrected chi connectivity index (χ4v) is 4.95. The van der Waals surface area contributed by atoms with Crippen molar-refractivity contribution in [1.82, 2.24) is 9.80 Å². The maximum atomic E-state index is 12.9. The molecule has 2 saturated heterocycles. The van der Waals surface area contributed by atoms with E-state index in [0.29, 0.717) is 43.2 Å². The van der Waals surface area contributed by atoms with Gasteiger partial charge in [0.1, 0.15) is 11.3 Å². The minimum absolute atomic E-state index is 0.0200. The molecule has 0 unspecified atom stereocenters. The molecule has 2 aromatic rings. The number of carbonyl (C=O) groups excluding carboxylic acids is 2. The fraction of sp³-hybridized carbons (Fsp3) is 0.522. The Labute approximate surface area is 179 Å². The summed E-state index contributed by atoms with van der Waals surface area (Å²) in [5.41, 5.74) is 2.83. The van der Waals surface area contributed by atoms with Crippen LogP contribution in [0.1, 0.15) is 23.1 Å². The zero-order chi connectivity index (χ0) is 21.7. The number of aryl methyl sites for hydroxylation is 2. The summed E-state index contributed by atoms with van der Waals surface area (Å²) in [6.45, 7) is 3.22. The average Bonchev–Trinajstić information content (AvgIpc) is 3.15. The number of hydrogen-bond donors (Lipinski definition) is 0. The topological polar surface area (TPSA) is 89.3 Å². The number of likely N-dealkylation sites (N-methyl/N-ethyl adjacent to an activating group) is 1. The summed E-state index contributed by atoms with van der Waals surface area (Å²) in [7, 11) is 1.77.